The second kappa shape index (κ2) is 26.5. The highest BCUT2D eigenvalue weighted by Crippen LogP contribution is 2.56. The van der Waals surface area contributed by atoms with E-state index >= 15 is 0 Å². The van der Waals surface area contributed by atoms with Crippen molar-refractivity contribution >= 4 is 115 Å². The molecule has 4 aliphatic rings. The molecule has 54 nitrogen and oxygen atoms in total. The maximum absolute atomic E-state index is 14.4. The molecule has 4 fully saturated rings. The van der Waals surface area contributed by atoms with Crippen molar-refractivity contribution < 1.29 is 105 Å². The number of azide groups is 4. The average Bonchev–Trinajstić information content (AvgIpc) is 1.63. The van der Waals surface area contributed by atoms with Crippen LogP contribution in [0.3, 0.4) is 0 Å². The lowest BCUT2D eigenvalue weighted by atomic mass is 10.1. The fourth-order valence-corrected chi connectivity index (χ4v) is 13.5. The molecule has 8 unspecified atom stereocenters. The number of ether oxygens (including phenoxy) is 4. The first-order valence-electron chi connectivity index (χ1n) is 27.1. The summed E-state index contributed by atoms with van der Waals surface area (Å²) in [6.07, 6.45) is -28.3. The van der Waals surface area contributed by atoms with Gasteiger partial charge in [-0.3, -0.25) is 45.4 Å². The number of imidazole rings is 4. The largest absolute Gasteiger partial charge is 0.472 e. The summed E-state index contributed by atoms with van der Waals surface area (Å²) in [7, 11) is -17.2. The van der Waals surface area contributed by atoms with Gasteiger partial charge < -0.3 is 87.2 Å². The first-order valence-corrected chi connectivity index (χ1v) is 31.5. The summed E-state index contributed by atoms with van der Waals surface area (Å²) < 4.78 is 102. The highest BCUT2D eigenvalue weighted by molar-refractivity contribution is 7.48. The van der Waals surface area contributed by atoms with Crippen molar-refractivity contribution in [2.45, 2.75) is 98.2 Å². The lowest BCUT2D eigenvalue weighted by Crippen LogP contribution is -2.37. The van der Waals surface area contributed by atoms with E-state index in [1.165, 1.54) is 0 Å². The molecule has 0 saturated carbocycles. The fraction of sp³-hybridized carbons (Fsp3) is 0.500. The molecule has 0 radical (unpaired) electrons. The highest BCUT2D eigenvalue weighted by Gasteiger charge is 2.56. The van der Waals surface area contributed by atoms with Crippen LogP contribution in [0.25, 0.3) is 86.4 Å². The number of nitrogen functional groups attached to an aromatic ring is 4. The molecule has 512 valence electrons. The number of rotatable bonds is 24. The van der Waals surface area contributed by atoms with Crippen LogP contribution in [0.15, 0.2) is 45.8 Å². The van der Waals surface area contributed by atoms with Crippen LogP contribution in [-0.4, -0.2) is 223 Å². The van der Waals surface area contributed by atoms with Gasteiger partial charge in [0.25, 0.3) is 0 Å². The van der Waals surface area contributed by atoms with Crippen molar-refractivity contribution in [3.05, 3.63) is 67.1 Å². The minimum absolute atomic E-state index is 0.107. The lowest BCUT2D eigenvalue weighted by molar-refractivity contribution is -0.0649. The van der Waals surface area contributed by atoms with Gasteiger partial charge in [-0.15, -0.1) is 0 Å². The maximum Gasteiger partial charge on any atom is 0.472 e. The number of aliphatic hydroxyl groups is 6. The Morgan fingerprint density at radius 1 is 0.423 bits per heavy atom. The van der Waals surface area contributed by atoms with Crippen LogP contribution < -0.4 is 22.9 Å². The summed E-state index contributed by atoms with van der Waals surface area (Å²) in [6.45, 7) is -4.61. The third-order valence-electron chi connectivity index (χ3n) is 14.9. The Kier molecular flexibility index (Phi) is 18.5. The molecule has 97 heavy (non-hydrogen) atoms. The summed E-state index contributed by atoms with van der Waals surface area (Å²) >= 11 is 0. The number of anilines is 4. The summed E-state index contributed by atoms with van der Waals surface area (Å²) in [4.78, 5) is 92.9. The van der Waals surface area contributed by atoms with Gasteiger partial charge in [-0.05, 0) is 42.6 Å². The van der Waals surface area contributed by atoms with E-state index in [0.717, 1.165) is 43.6 Å². The van der Waals surface area contributed by atoms with E-state index in [1.54, 1.807) is 0 Å². The molecule has 0 spiro atoms. The van der Waals surface area contributed by atoms with Crippen molar-refractivity contribution in [2.75, 3.05) is 49.4 Å². The van der Waals surface area contributed by atoms with Gasteiger partial charge in [0.15, 0.2) is 92.8 Å². The summed E-state index contributed by atoms with van der Waals surface area (Å²) in [5.74, 6) is -3.41. The van der Waals surface area contributed by atoms with E-state index in [0.29, 0.717) is 0 Å². The predicted octanol–water partition coefficient (Wildman–Crippen LogP) is -0.665. The number of nitrogens with two attached hydrogens (primary N) is 4. The molecule has 12 heterocycles. The van der Waals surface area contributed by atoms with Gasteiger partial charge in [-0.2, -0.15) is 0 Å². The molecule has 8 aromatic heterocycles. The zero-order valence-electron chi connectivity index (χ0n) is 47.9. The predicted molar refractivity (Wildman–Crippen MR) is 309 cm³/mol. The molecule has 0 amide bonds. The Bertz CT molecular complexity index is 4750. The average molecular weight is 1420 g/mol. The normalized spacial score (nSPS) is 29.0. The number of hydrogen-bond acceptors (Lipinski definition) is 39. The van der Waals surface area contributed by atoms with Crippen LogP contribution >= 0.6 is 23.5 Å². The monoisotopic (exact) mass is 1420 g/mol. The van der Waals surface area contributed by atoms with Crippen LogP contribution in [0.1, 0.15) is 24.9 Å². The Morgan fingerprint density at radius 3 is 0.969 bits per heavy atom. The molecule has 4 aliphatic heterocycles. The van der Waals surface area contributed by atoms with Gasteiger partial charge >= 0.3 is 23.5 Å². The fourth-order valence-electron chi connectivity index (χ4n) is 10.7. The quantitative estimate of drug-likeness (QED) is 0.0154. The van der Waals surface area contributed by atoms with E-state index in [1.807, 2.05) is 0 Å². The maximum atomic E-state index is 14.4. The van der Waals surface area contributed by atoms with E-state index in [4.69, 9.17) is 69.0 Å². The SMILES string of the molecule is [N-]=[N+]=Nc1nc2c(N)ncnc2n1C1O[C@H](COP(=O)(O)O[C@H]2C(n3c(N=[N+]=[N-])nc4c(N)ncnc43)O[C@H](COP(=O)(O)O[C@H]3C(n4c(N=[N+]=[N-])nc5c(N)ncnc54)O[C@H](CO)[C@H]3O)[C@H]2O)[C@@H](O)C1OP(=O)(O)OC[C@H]1OC(n2c(N=[N+]=[N-])nc3c(N)ncnc32)[C@H](O)[C@@H]1O. The number of hydrogen-bond donors (Lipinski definition) is 13. The van der Waals surface area contributed by atoms with Crippen molar-refractivity contribution in [1.82, 2.24) is 78.1 Å². The van der Waals surface area contributed by atoms with Crippen LogP contribution in [0.2, 0.25) is 0 Å². The minimum atomic E-state index is -5.86. The molecule has 19 atom stereocenters. The topological polar surface area (TPSA) is 799 Å². The van der Waals surface area contributed by atoms with E-state index < -0.39 is 172 Å². The van der Waals surface area contributed by atoms with Crippen molar-refractivity contribution in [1.29, 1.82) is 0 Å². The lowest BCUT2D eigenvalue weighted by Gasteiger charge is -2.26. The van der Waals surface area contributed by atoms with Crippen LogP contribution in [0.4, 0.5) is 47.1 Å². The van der Waals surface area contributed by atoms with Crippen LogP contribution in [0, 0.1) is 0 Å². The Labute approximate surface area is 532 Å². The number of nitrogens with zero attached hydrogens (tertiary/aromatic N) is 28. The van der Waals surface area contributed by atoms with Crippen LogP contribution in [0.5, 0.6) is 0 Å². The van der Waals surface area contributed by atoms with E-state index in [2.05, 4.69) is 99.9 Å². The second-order valence-corrected chi connectivity index (χ2v) is 24.7. The number of fused-ring (bicyclic) bond motifs is 4. The molecule has 4 saturated heterocycles. The number of phosphoric acid groups is 3. The smallest absolute Gasteiger partial charge is 0.394 e. The second-order valence-electron chi connectivity index (χ2n) is 20.5. The van der Waals surface area contributed by atoms with Gasteiger partial charge in [0, 0.05) is 19.6 Å². The number of aliphatic hydroxyl groups excluding tert-OH is 6. The van der Waals surface area contributed by atoms with E-state index in [9.17, 15) is 81.1 Å². The molecule has 0 aromatic carbocycles. The van der Waals surface area contributed by atoms with Crippen molar-refractivity contribution in [3.8, 4) is 0 Å². The molecular formula is C40H45N32O22P3. The standard InChI is InChI=1S/C40H45N32O22P3/c41-25-13-29(53-5-49-25)69(37(57-13)61-65-45)33-21(78)17(74)10(89-33)2-85-95(79,80)93-23-19(76)12(91-35(23)71-31-15(27(43)51-7-55-31)59-39(71)63-67-47)4-87-97(83,84)94-24-20(77)11(90-36(24)72-32-16(28(44)52-8-56-32)60-40(72)64-68-48)3-86-96(81,82)92-22-18(75)9(1-73)88-34(22)70-30-14(26(42)50-6-54-30)58-38(70)62-66-46/h5-12,17-24,33-36,73-78H,1-4H2,(H,79,80)(H,81,82)(H,83,84)(H2,41,49,53)(H2,42,50,54)(H2,43,51,55)(H2,44,52,56)/t9-,10-,11-,12-,17-,18-,19-,20-,21-,22-,23?,24-,33?,34?,35?,36?/m1/s1. The van der Waals surface area contributed by atoms with Crippen molar-refractivity contribution in [3.63, 3.8) is 0 Å². The van der Waals surface area contributed by atoms with Gasteiger partial charge in [0.05, 0.1) is 26.4 Å². The highest BCUT2D eigenvalue weighted by atomic mass is 31.2. The number of aromatic nitrogens is 16. The molecule has 57 heteroatoms. The van der Waals surface area contributed by atoms with Crippen molar-refractivity contribution in [2.24, 2.45) is 20.5 Å². The third-order valence-corrected chi connectivity index (χ3v) is 17.9. The Hall–Kier alpha value is -9.43. The zero-order chi connectivity index (χ0) is 69.2. The Morgan fingerprint density at radius 2 is 0.680 bits per heavy atom. The summed E-state index contributed by atoms with van der Waals surface area (Å²) in [5.41, 5.74) is 59.8. The minimum Gasteiger partial charge on any atom is -0.394 e. The van der Waals surface area contributed by atoms with Gasteiger partial charge in [-0.1, -0.05) is 0 Å². The molecule has 17 N–H and O–H groups in total. The first kappa shape index (κ1) is 67.5. The van der Waals surface area contributed by atoms with Crippen LogP contribution in [-0.2, 0) is 59.8 Å². The molecule has 12 rings (SSSR count). The molecule has 0 aliphatic carbocycles. The summed E-state index contributed by atoms with van der Waals surface area (Å²) in [5, 5.41) is 81.5. The molecule has 8 aromatic rings. The first-order chi connectivity index (χ1) is 46.3. The molecular weight excluding hydrogens is 1370 g/mol. The zero-order valence-corrected chi connectivity index (χ0v) is 50.6. The number of phosphoric ester groups is 3. The van der Waals surface area contributed by atoms with Gasteiger partial charge in [0.1, 0.15) is 98.6 Å². The molecule has 0 bridgehead atoms. The Balaban J connectivity index is 0.800. The van der Waals surface area contributed by atoms with E-state index in [-0.39, 0.29) is 67.9 Å². The van der Waals surface area contributed by atoms with Gasteiger partial charge in [0.2, 0.25) is 23.8 Å². The third kappa shape index (κ3) is 12.6. The summed E-state index contributed by atoms with van der Waals surface area (Å²) in [6, 6.07) is 0. The van der Waals surface area contributed by atoms with Gasteiger partial charge in [-0.25, -0.2) is 73.5 Å².